The van der Waals surface area contributed by atoms with Gasteiger partial charge >= 0.3 is 0 Å². The number of hydrogen-bond acceptors (Lipinski definition) is 4. The first kappa shape index (κ1) is 16.8. The lowest BCUT2D eigenvalue weighted by Crippen LogP contribution is -2.44. The van der Waals surface area contributed by atoms with E-state index >= 15 is 0 Å². The van der Waals surface area contributed by atoms with E-state index < -0.39 is 0 Å². The van der Waals surface area contributed by atoms with Crippen LogP contribution in [0.1, 0.15) is 18.4 Å². The Morgan fingerprint density at radius 3 is 2.84 bits per heavy atom. The third kappa shape index (κ3) is 4.48. The van der Waals surface area contributed by atoms with Crippen LogP contribution in [-0.4, -0.2) is 65.5 Å². The van der Waals surface area contributed by atoms with Gasteiger partial charge in [-0.15, -0.1) is 0 Å². The first-order chi connectivity index (χ1) is 12.4. The Morgan fingerprint density at radius 2 is 2.00 bits per heavy atom. The van der Waals surface area contributed by atoms with Crippen LogP contribution in [0.3, 0.4) is 0 Å². The van der Waals surface area contributed by atoms with Crippen LogP contribution in [0.4, 0.5) is 0 Å². The topological polar surface area (TPSA) is 33.5 Å². The molecule has 4 rings (SSSR count). The molecule has 0 aliphatic carbocycles. The molecule has 2 aliphatic rings. The lowest BCUT2D eigenvalue weighted by molar-refractivity contribution is 0.0224. The van der Waals surface area contributed by atoms with Crippen molar-refractivity contribution in [2.45, 2.75) is 19.4 Å². The highest BCUT2D eigenvalue weighted by molar-refractivity contribution is 5.35. The Hall–Kier alpha value is -1.69. The molecule has 25 heavy (non-hydrogen) atoms. The summed E-state index contributed by atoms with van der Waals surface area (Å²) in [5.41, 5.74) is 2.52. The van der Waals surface area contributed by atoms with Gasteiger partial charge in [-0.2, -0.15) is 5.10 Å². The number of hydrogen-bond donors (Lipinski definition) is 0. The Bertz CT molecular complexity index is 651. The van der Waals surface area contributed by atoms with Gasteiger partial charge in [0.05, 0.1) is 18.9 Å². The summed E-state index contributed by atoms with van der Waals surface area (Å²) < 4.78 is 7.40. The highest BCUT2D eigenvalue weighted by Gasteiger charge is 2.23. The van der Waals surface area contributed by atoms with Crippen LogP contribution in [0.5, 0.6) is 0 Å². The summed E-state index contributed by atoms with van der Waals surface area (Å²) in [5.74, 6) is 0.793. The van der Waals surface area contributed by atoms with Gasteiger partial charge in [-0.3, -0.25) is 9.80 Å². The molecular weight excluding hydrogens is 312 g/mol. The fourth-order valence-electron chi connectivity index (χ4n) is 4.07. The first-order valence-electron chi connectivity index (χ1n) is 9.48. The molecule has 134 valence electrons. The molecule has 0 spiro atoms. The van der Waals surface area contributed by atoms with Gasteiger partial charge in [0.2, 0.25) is 0 Å². The monoisotopic (exact) mass is 340 g/mol. The third-order valence-electron chi connectivity index (χ3n) is 5.31. The Balaban J connectivity index is 1.35. The number of likely N-dealkylation sites (tertiary alicyclic amines) is 1. The van der Waals surface area contributed by atoms with Crippen LogP contribution in [0.25, 0.3) is 5.69 Å². The minimum absolute atomic E-state index is 0.793. The van der Waals surface area contributed by atoms with Crippen LogP contribution in [0, 0.1) is 5.92 Å². The first-order valence-corrected chi connectivity index (χ1v) is 9.48. The average molecular weight is 340 g/mol. The van der Waals surface area contributed by atoms with E-state index in [1.807, 2.05) is 23.1 Å². The lowest BCUT2D eigenvalue weighted by atomic mass is 9.96. The van der Waals surface area contributed by atoms with Crippen LogP contribution in [0.15, 0.2) is 42.7 Å². The van der Waals surface area contributed by atoms with Gasteiger partial charge in [-0.05, 0) is 49.1 Å². The molecule has 1 atom stereocenters. The van der Waals surface area contributed by atoms with E-state index in [4.69, 9.17) is 4.74 Å². The molecule has 2 aromatic rings. The highest BCUT2D eigenvalue weighted by Crippen LogP contribution is 2.21. The summed E-state index contributed by atoms with van der Waals surface area (Å²) in [7, 11) is 0. The van der Waals surface area contributed by atoms with Gasteiger partial charge in [-0.25, -0.2) is 4.68 Å². The maximum Gasteiger partial charge on any atom is 0.0648 e. The molecule has 0 unspecified atom stereocenters. The summed E-state index contributed by atoms with van der Waals surface area (Å²) in [6.45, 7) is 8.69. The van der Waals surface area contributed by atoms with E-state index in [-0.39, 0.29) is 0 Å². The number of ether oxygens (including phenoxy) is 1. The zero-order valence-corrected chi connectivity index (χ0v) is 14.9. The molecule has 0 radical (unpaired) electrons. The fourth-order valence-corrected chi connectivity index (χ4v) is 4.07. The molecule has 0 bridgehead atoms. The van der Waals surface area contributed by atoms with Gasteiger partial charge in [-0.1, -0.05) is 12.1 Å². The minimum atomic E-state index is 0.793. The highest BCUT2D eigenvalue weighted by atomic mass is 16.5. The Kier molecular flexibility index (Phi) is 5.45. The number of rotatable bonds is 5. The molecule has 0 N–H and O–H groups in total. The number of morpholine rings is 1. The van der Waals surface area contributed by atoms with E-state index in [9.17, 15) is 0 Å². The van der Waals surface area contributed by atoms with Crippen molar-refractivity contribution in [1.29, 1.82) is 0 Å². The van der Waals surface area contributed by atoms with Crippen molar-refractivity contribution in [3.05, 3.63) is 48.3 Å². The standard InChI is InChI=1S/C20H28N4O/c1-4-18(14-20(6-1)24-9-3-7-21-24)15-23-8-2-5-19(17-23)16-22-10-12-25-13-11-22/h1,3-4,6-7,9,14,19H,2,5,8,10-13,15-17H2/t19-/m0/s1. The molecule has 0 saturated carbocycles. The summed E-state index contributed by atoms with van der Waals surface area (Å²) >= 11 is 0. The van der Waals surface area contributed by atoms with E-state index in [0.29, 0.717) is 0 Å². The van der Waals surface area contributed by atoms with Crippen molar-refractivity contribution in [1.82, 2.24) is 19.6 Å². The summed E-state index contributed by atoms with van der Waals surface area (Å²) in [6.07, 6.45) is 6.50. The summed E-state index contributed by atoms with van der Waals surface area (Å²) in [6, 6.07) is 10.7. The maximum absolute atomic E-state index is 5.47. The zero-order chi connectivity index (χ0) is 16.9. The van der Waals surface area contributed by atoms with Crippen LogP contribution in [-0.2, 0) is 11.3 Å². The molecule has 2 saturated heterocycles. The van der Waals surface area contributed by atoms with Gasteiger partial charge in [0.15, 0.2) is 0 Å². The number of piperidine rings is 1. The second-order valence-corrected chi connectivity index (χ2v) is 7.28. The molecule has 3 heterocycles. The van der Waals surface area contributed by atoms with Gasteiger partial charge in [0, 0.05) is 45.1 Å². The number of benzene rings is 1. The molecule has 1 aromatic heterocycles. The fraction of sp³-hybridized carbons (Fsp3) is 0.550. The molecule has 5 heteroatoms. The predicted molar refractivity (Wildman–Crippen MR) is 98.8 cm³/mol. The van der Waals surface area contributed by atoms with Crippen LogP contribution in [0.2, 0.25) is 0 Å². The van der Waals surface area contributed by atoms with Crippen LogP contribution < -0.4 is 0 Å². The Morgan fingerprint density at radius 1 is 1.08 bits per heavy atom. The minimum Gasteiger partial charge on any atom is -0.379 e. The van der Waals surface area contributed by atoms with Crippen molar-refractivity contribution in [2.24, 2.45) is 5.92 Å². The second-order valence-electron chi connectivity index (χ2n) is 7.28. The molecule has 2 aliphatic heterocycles. The Labute approximate surface area is 150 Å². The second kappa shape index (κ2) is 8.13. The van der Waals surface area contributed by atoms with Crippen molar-refractivity contribution in [2.75, 3.05) is 45.9 Å². The maximum atomic E-state index is 5.47. The van der Waals surface area contributed by atoms with Gasteiger partial charge in [0.1, 0.15) is 0 Å². The smallest absolute Gasteiger partial charge is 0.0648 e. The SMILES string of the molecule is c1cc(CN2CCC[C@@H](CN3CCOCC3)C2)cc(-n2cccn2)c1. The molecule has 2 fully saturated rings. The predicted octanol–water partition coefficient (Wildman–Crippen LogP) is 2.42. The average Bonchev–Trinajstić information content (AvgIpc) is 3.18. The molecule has 1 aromatic carbocycles. The van der Waals surface area contributed by atoms with Gasteiger partial charge < -0.3 is 4.74 Å². The quantitative estimate of drug-likeness (QED) is 0.837. The molecule has 0 amide bonds. The van der Waals surface area contributed by atoms with E-state index in [2.05, 4.69) is 39.2 Å². The molecular formula is C20H28N4O. The summed E-state index contributed by atoms with van der Waals surface area (Å²) in [5, 5.41) is 4.34. The lowest BCUT2D eigenvalue weighted by Gasteiger charge is -2.36. The van der Waals surface area contributed by atoms with E-state index in [1.165, 1.54) is 38.0 Å². The normalized spacial score (nSPS) is 23.0. The van der Waals surface area contributed by atoms with Crippen molar-refractivity contribution in [3.63, 3.8) is 0 Å². The molecule has 5 nitrogen and oxygen atoms in total. The van der Waals surface area contributed by atoms with E-state index in [1.54, 1.807) is 0 Å². The zero-order valence-electron chi connectivity index (χ0n) is 14.9. The van der Waals surface area contributed by atoms with Crippen molar-refractivity contribution >= 4 is 0 Å². The number of aromatic nitrogens is 2. The van der Waals surface area contributed by atoms with Gasteiger partial charge in [0.25, 0.3) is 0 Å². The van der Waals surface area contributed by atoms with Crippen molar-refractivity contribution in [3.8, 4) is 5.69 Å². The largest absolute Gasteiger partial charge is 0.379 e. The number of nitrogens with zero attached hydrogens (tertiary/aromatic N) is 4. The summed E-state index contributed by atoms with van der Waals surface area (Å²) in [4.78, 5) is 5.20. The van der Waals surface area contributed by atoms with Crippen LogP contribution >= 0.6 is 0 Å². The third-order valence-corrected chi connectivity index (χ3v) is 5.31. The van der Waals surface area contributed by atoms with Crippen molar-refractivity contribution < 1.29 is 4.74 Å². The van der Waals surface area contributed by atoms with E-state index in [0.717, 1.165) is 44.5 Å².